The Labute approximate surface area is 48.6 Å². The summed E-state index contributed by atoms with van der Waals surface area (Å²) in [6, 6.07) is 0. The van der Waals surface area contributed by atoms with Crippen molar-refractivity contribution in [3.05, 3.63) is 0 Å². The molecule has 0 N–H and O–H groups in total. The van der Waals surface area contributed by atoms with Crippen LogP contribution < -0.4 is 0 Å². The van der Waals surface area contributed by atoms with Crippen LogP contribution in [0.5, 0.6) is 0 Å². The molecule has 1 fully saturated rings. The highest BCUT2D eigenvalue weighted by Gasteiger charge is 2.40. The SMILES string of the molecule is C[C@@H]1C[C@H](C)[S+]1C. The molecule has 0 aromatic heterocycles. The molecule has 1 rings (SSSR count). The molecular formula is C6H13S+. The van der Waals surface area contributed by atoms with Crippen LogP contribution in [0, 0.1) is 0 Å². The van der Waals surface area contributed by atoms with Gasteiger partial charge in [-0.1, -0.05) is 0 Å². The first-order valence-corrected chi connectivity index (χ1v) is 4.61. The molecule has 1 unspecified atom stereocenters. The van der Waals surface area contributed by atoms with E-state index in [9.17, 15) is 0 Å². The molecule has 0 amide bonds. The first-order valence-electron chi connectivity index (χ1n) is 2.85. The van der Waals surface area contributed by atoms with Crippen molar-refractivity contribution in [3.8, 4) is 0 Å². The molecule has 0 aliphatic carbocycles. The first-order chi connectivity index (χ1) is 3.22. The minimum Gasteiger partial charge on any atom is -0.0168 e. The van der Waals surface area contributed by atoms with Crippen LogP contribution in [0.3, 0.4) is 0 Å². The highest BCUT2D eigenvalue weighted by atomic mass is 32.2. The van der Waals surface area contributed by atoms with Crippen molar-refractivity contribution in [2.24, 2.45) is 0 Å². The Hall–Kier alpha value is 0.350. The predicted molar refractivity (Wildman–Crippen MR) is 36.8 cm³/mol. The van der Waals surface area contributed by atoms with Crippen LogP contribution in [0.1, 0.15) is 20.3 Å². The van der Waals surface area contributed by atoms with Crippen molar-refractivity contribution in [2.75, 3.05) is 6.26 Å². The molecular weight excluding hydrogens is 104 g/mol. The number of rotatable bonds is 0. The summed E-state index contributed by atoms with van der Waals surface area (Å²) in [5, 5.41) is 2.07. The summed E-state index contributed by atoms with van der Waals surface area (Å²) in [4.78, 5) is 0. The number of hydrogen-bond acceptors (Lipinski definition) is 0. The summed E-state index contributed by atoms with van der Waals surface area (Å²) < 4.78 is 0. The van der Waals surface area contributed by atoms with Crippen LogP contribution in [-0.2, 0) is 10.9 Å². The zero-order chi connectivity index (χ0) is 5.44. The van der Waals surface area contributed by atoms with Gasteiger partial charge in [0.25, 0.3) is 0 Å². The number of hydrogen-bond donors (Lipinski definition) is 0. The van der Waals surface area contributed by atoms with Crippen LogP contribution in [0.25, 0.3) is 0 Å². The van der Waals surface area contributed by atoms with Gasteiger partial charge in [0.05, 0.1) is 6.26 Å². The van der Waals surface area contributed by atoms with Gasteiger partial charge in [-0.25, -0.2) is 0 Å². The maximum absolute atomic E-state index is 2.37. The predicted octanol–water partition coefficient (Wildman–Crippen LogP) is 1.42. The van der Waals surface area contributed by atoms with Gasteiger partial charge < -0.3 is 0 Å². The maximum atomic E-state index is 2.37. The lowest BCUT2D eigenvalue weighted by atomic mass is 10.2. The Bertz CT molecular complexity index is 62.6. The summed E-state index contributed by atoms with van der Waals surface area (Å²) in [6.07, 6.45) is 3.85. The summed E-state index contributed by atoms with van der Waals surface area (Å²) in [7, 11) is 0.769. The average molecular weight is 117 g/mol. The van der Waals surface area contributed by atoms with E-state index >= 15 is 0 Å². The summed E-state index contributed by atoms with van der Waals surface area (Å²) in [5.74, 6) is 0. The second-order valence-corrected chi connectivity index (χ2v) is 5.29. The van der Waals surface area contributed by atoms with E-state index in [1.807, 2.05) is 0 Å². The highest BCUT2D eigenvalue weighted by molar-refractivity contribution is 7.98. The molecule has 0 spiro atoms. The lowest BCUT2D eigenvalue weighted by Gasteiger charge is -2.27. The van der Waals surface area contributed by atoms with E-state index in [0.29, 0.717) is 0 Å². The second kappa shape index (κ2) is 1.70. The van der Waals surface area contributed by atoms with Gasteiger partial charge in [0.15, 0.2) is 0 Å². The minimum absolute atomic E-state index is 0.769. The average Bonchev–Trinajstić information content (AvgIpc) is 1.68. The molecule has 1 saturated heterocycles. The van der Waals surface area contributed by atoms with Crippen LogP contribution in [0.2, 0.25) is 0 Å². The van der Waals surface area contributed by atoms with E-state index in [1.54, 1.807) is 0 Å². The smallest absolute Gasteiger partial charge is 0.0168 e. The van der Waals surface area contributed by atoms with Crippen molar-refractivity contribution in [1.29, 1.82) is 0 Å². The molecule has 0 nitrogen and oxygen atoms in total. The lowest BCUT2D eigenvalue weighted by Crippen LogP contribution is -2.41. The summed E-state index contributed by atoms with van der Waals surface area (Å²) in [5.41, 5.74) is 0. The van der Waals surface area contributed by atoms with Gasteiger partial charge >= 0.3 is 0 Å². The molecule has 3 atom stereocenters. The molecule has 0 saturated carbocycles. The molecule has 0 radical (unpaired) electrons. The molecule has 0 aromatic carbocycles. The van der Waals surface area contributed by atoms with E-state index in [4.69, 9.17) is 0 Å². The molecule has 1 aliphatic heterocycles. The van der Waals surface area contributed by atoms with E-state index in [2.05, 4.69) is 20.1 Å². The third-order valence-electron chi connectivity index (χ3n) is 1.93. The van der Waals surface area contributed by atoms with Crippen LogP contribution in [-0.4, -0.2) is 16.8 Å². The van der Waals surface area contributed by atoms with Crippen LogP contribution >= 0.6 is 0 Å². The van der Waals surface area contributed by atoms with E-state index in [0.717, 1.165) is 21.4 Å². The minimum atomic E-state index is 0.769. The Balaban J connectivity index is 2.29. The molecule has 1 aliphatic rings. The third kappa shape index (κ3) is 0.788. The standard InChI is InChI=1S/C6H13S/c1-5-4-6(2)7(5)3/h5-6H,4H2,1-3H3/q+1/t5-,6+,7?. The molecule has 0 bridgehead atoms. The normalized spacial score (nSPS) is 51.0. The zero-order valence-electron chi connectivity index (χ0n) is 5.27. The van der Waals surface area contributed by atoms with E-state index in [-0.39, 0.29) is 0 Å². The fraction of sp³-hybridized carbons (Fsp3) is 1.00. The lowest BCUT2D eigenvalue weighted by molar-refractivity contribution is 0.723. The van der Waals surface area contributed by atoms with Crippen LogP contribution in [0.15, 0.2) is 0 Å². The molecule has 0 aromatic rings. The fourth-order valence-corrected chi connectivity index (χ4v) is 2.66. The monoisotopic (exact) mass is 117 g/mol. The summed E-state index contributed by atoms with van der Waals surface area (Å²) in [6.45, 7) is 4.70. The highest BCUT2D eigenvalue weighted by Crippen LogP contribution is 2.28. The Kier molecular flexibility index (Phi) is 1.33. The molecule has 1 heteroatoms. The van der Waals surface area contributed by atoms with Crippen LogP contribution in [0.4, 0.5) is 0 Å². The summed E-state index contributed by atoms with van der Waals surface area (Å²) >= 11 is 0. The Morgan fingerprint density at radius 1 is 1.29 bits per heavy atom. The van der Waals surface area contributed by atoms with Gasteiger partial charge in [0, 0.05) is 6.42 Å². The fourth-order valence-electron chi connectivity index (χ4n) is 1.05. The second-order valence-electron chi connectivity index (χ2n) is 2.46. The molecule has 1 heterocycles. The first kappa shape index (κ1) is 5.49. The quantitative estimate of drug-likeness (QED) is 0.421. The van der Waals surface area contributed by atoms with Crippen molar-refractivity contribution >= 4 is 10.9 Å². The zero-order valence-corrected chi connectivity index (χ0v) is 6.09. The van der Waals surface area contributed by atoms with Gasteiger partial charge in [-0.15, -0.1) is 0 Å². The van der Waals surface area contributed by atoms with Gasteiger partial charge in [-0.2, -0.15) is 0 Å². The molecule has 42 valence electrons. The van der Waals surface area contributed by atoms with Crippen molar-refractivity contribution < 1.29 is 0 Å². The maximum Gasteiger partial charge on any atom is 0.120 e. The Morgan fingerprint density at radius 2 is 1.71 bits per heavy atom. The van der Waals surface area contributed by atoms with E-state index in [1.165, 1.54) is 6.42 Å². The largest absolute Gasteiger partial charge is 0.120 e. The van der Waals surface area contributed by atoms with Gasteiger partial charge in [0.2, 0.25) is 0 Å². The topological polar surface area (TPSA) is 0 Å². The van der Waals surface area contributed by atoms with Crippen molar-refractivity contribution in [1.82, 2.24) is 0 Å². The van der Waals surface area contributed by atoms with Crippen molar-refractivity contribution in [2.45, 2.75) is 30.8 Å². The third-order valence-corrected chi connectivity index (χ3v) is 4.86. The molecule has 7 heavy (non-hydrogen) atoms. The van der Waals surface area contributed by atoms with Gasteiger partial charge in [-0.05, 0) is 24.7 Å². The van der Waals surface area contributed by atoms with Gasteiger partial charge in [-0.3, -0.25) is 0 Å². The van der Waals surface area contributed by atoms with Crippen molar-refractivity contribution in [3.63, 3.8) is 0 Å². The van der Waals surface area contributed by atoms with E-state index < -0.39 is 0 Å². The Morgan fingerprint density at radius 3 is 1.71 bits per heavy atom. The van der Waals surface area contributed by atoms with Gasteiger partial charge in [0.1, 0.15) is 10.5 Å².